The lowest BCUT2D eigenvalue weighted by Crippen LogP contribution is -2.61. The minimum atomic E-state index is -1.12. The fourth-order valence-corrected chi connectivity index (χ4v) is 5.98. The van der Waals surface area contributed by atoms with Crippen molar-refractivity contribution >= 4 is 35.5 Å². The maximum atomic E-state index is 14.4. The minimum absolute atomic E-state index is 0.0629. The number of esters is 1. The summed E-state index contributed by atoms with van der Waals surface area (Å²) in [5, 5.41) is 8.22. The first kappa shape index (κ1) is 38.5. The third kappa shape index (κ3) is 10.3. The topological polar surface area (TPSA) is 177 Å². The second-order valence-corrected chi connectivity index (χ2v) is 15.9. The third-order valence-electron chi connectivity index (χ3n) is 9.41. The smallest absolute Gasteiger partial charge is 0.329 e. The lowest BCUT2D eigenvalue weighted by atomic mass is 9.79. The molecule has 1 saturated heterocycles. The Kier molecular flexibility index (Phi) is 12.4. The Morgan fingerprint density at radius 2 is 1.52 bits per heavy atom. The van der Waals surface area contributed by atoms with Crippen LogP contribution in [0.1, 0.15) is 99.7 Å². The van der Waals surface area contributed by atoms with E-state index < -0.39 is 71.2 Å². The van der Waals surface area contributed by atoms with Crippen LogP contribution >= 0.6 is 0 Å². The molecule has 48 heavy (non-hydrogen) atoms. The standard InChI is InChI=1S/C36H55N5O7/c1-20(2)27(33(46)48-21(3)23-13-11-10-12-14-23)39-34(47)40-29(36(7,8)9)32(45)41-19-24(35(4,5)6)18-26(41)31(44)38-25(17-22-15-16-22)28(42)30(37)43/h10-14,20-22,24-27,29H,15-19H2,1-9H3,(H2,37,43)(H,38,44)(H2,39,40,47)/t21-,24-,25?,26+,27+,29-/m1/s1. The van der Waals surface area contributed by atoms with E-state index in [1.165, 1.54) is 4.90 Å². The maximum Gasteiger partial charge on any atom is 0.329 e. The lowest BCUT2D eigenvalue weighted by molar-refractivity contribution is -0.152. The molecule has 0 spiro atoms. The zero-order valence-corrected chi connectivity index (χ0v) is 29.9. The Balaban J connectivity index is 1.81. The molecule has 12 heteroatoms. The van der Waals surface area contributed by atoms with Crippen molar-refractivity contribution in [3.63, 3.8) is 0 Å². The van der Waals surface area contributed by atoms with E-state index in [4.69, 9.17) is 10.5 Å². The number of carbonyl (C=O) groups excluding carboxylic acids is 6. The van der Waals surface area contributed by atoms with Gasteiger partial charge in [0.15, 0.2) is 0 Å². The van der Waals surface area contributed by atoms with Crippen LogP contribution in [0.15, 0.2) is 30.3 Å². The van der Waals surface area contributed by atoms with Crippen molar-refractivity contribution in [2.45, 2.75) is 118 Å². The van der Waals surface area contributed by atoms with Crippen molar-refractivity contribution in [3.8, 4) is 0 Å². The van der Waals surface area contributed by atoms with Gasteiger partial charge in [0.05, 0.1) is 6.04 Å². The van der Waals surface area contributed by atoms with Crippen molar-refractivity contribution in [3.05, 3.63) is 35.9 Å². The number of Topliss-reactive ketones (excluding diaryl/α,β-unsaturated/α-hetero) is 1. The molecular formula is C36H55N5O7. The third-order valence-corrected chi connectivity index (χ3v) is 9.41. The van der Waals surface area contributed by atoms with Crippen molar-refractivity contribution < 1.29 is 33.5 Å². The predicted octanol–water partition coefficient (Wildman–Crippen LogP) is 3.63. The fraction of sp³-hybridized carbons (Fsp3) is 0.667. The first-order valence-electron chi connectivity index (χ1n) is 17.0. The molecule has 5 amide bonds. The van der Waals surface area contributed by atoms with Crippen molar-refractivity contribution in [1.82, 2.24) is 20.9 Å². The molecule has 2 fully saturated rings. The molecule has 0 bridgehead atoms. The van der Waals surface area contributed by atoms with E-state index in [-0.39, 0.29) is 29.7 Å². The number of likely N-dealkylation sites (tertiary alicyclic amines) is 1. The summed E-state index contributed by atoms with van der Waals surface area (Å²) in [5.41, 5.74) is 5.06. The Labute approximate surface area is 284 Å². The van der Waals surface area contributed by atoms with Crippen molar-refractivity contribution in [2.75, 3.05) is 6.54 Å². The molecule has 0 aromatic heterocycles. The number of rotatable bonds is 13. The van der Waals surface area contributed by atoms with Gasteiger partial charge in [-0.05, 0) is 53.9 Å². The number of hydrogen-bond acceptors (Lipinski definition) is 7. The minimum Gasteiger partial charge on any atom is -0.456 e. The molecular weight excluding hydrogens is 614 g/mol. The molecule has 1 aliphatic heterocycles. The molecule has 0 radical (unpaired) electrons. The van der Waals surface area contributed by atoms with E-state index in [9.17, 15) is 28.8 Å². The van der Waals surface area contributed by atoms with Gasteiger partial charge in [0.1, 0.15) is 24.2 Å². The summed E-state index contributed by atoms with van der Waals surface area (Å²) in [7, 11) is 0. The molecule has 3 rings (SSSR count). The van der Waals surface area contributed by atoms with Crippen molar-refractivity contribution in [2.24, 2.45) is 34.3 Å². The van der Waals surface area contributed by atoms with E-state index in [0.717, 1.165) is 18.4 Å². The number of urea groups is 1. The highest BCUT2D eigenvalue weighted by molar-refractivity contribution is 6.37. The highest BCUT2D eigenvalue weighted by atomic mass is 16.5. The number of nitrogens with two attached hydrogens (primary N) is 1. The second kappa shape index (κ2) is 15.5. The van der Waals surface area contributed by atoms with Gasteiger partial charge in [-0.2, -0.15) is 0 Å². The Morgan fingerprint density at radius 3 is 2.02 bits per heavy atom. The van der Waals surface area contributed by atoms with Crippen LogP contribution in [-0.2, 0) is 28.7 Å². The molecule has 6 atom stereocenters. The molecule has 1 aromatic carbocycles. The maximum absolute atomic E-state index is 14.4. The van der Waals surface area contributed by atoms with Crippen LogP contribution in [0.3, 0.4) is 0 Å². The molecule has 5 N–H and O–H groups in total. The summed E-state index contributed by atoms with van der Waals surface area (Å²) in [6.45, 7) is 17.1. The Morgan fingerprint density at radius 1 is 0.917 bits per heavy atom. The van der Waals surface area contributed by atoms with Crippen LogP contribution in [0.5, 0.6) is 0 Å². The number of hydrogen-bond donors (Lipinski definition) is 4. The number of primary amides is 1. The lowest BCUT2D eigenvalue weighted by Gasteiger charge is -2.36. The van der Waals surface area contributed by atoms with Crippen molar-refractivity contribution in [1.29, 1.82) is 0 Å². The zero-order chi connectivity index (χ0) is 36.1. The highest BCUT2D eigenvalue weighted by Gasteiger charge is 2.48. The first-order chi connectivity index (χ1) is 22.2. The summed E-state index contributed by atoms with van der Waals surface area (Å²) < 4.78 is 5.68. The van der Waals surface area contributed by atoms with Gasteiger partial charge in [-0.25, -0.2) is 9.59 Å². The molecule has 1 heterocycles. The van der Waals surface area contributed by atoms with Crippen LogP contribution in [0.4, 0.5) is 4.79 Å². The first-order valence-corrected chi connectivity index (χ1v) is 17.0. The van der Waals surface area contributed by atoms with Crippen LogP contribution in [0.2, 0.25) is 0 Å². The molecule has 266 valence electrons. The predicted molar refractivity (Wildman–Crippen MR) is 181 cm³/mol. The number of ketones is 1. The van der Waals surface area contributed by atoms with Gasteiger partial charge < -0.3 is 31.3 Å². The summed E-state index contributed by atoms with van der Waals surface area (Å²) >= 11 is 0. The van der Waals surface area contributed by atoms with Gasteiger partial charge in [0, 0.05) is 6.54 Å². The largest absolute Gasteiger partial charge is 0.456 e. The van der Waals surface area contributed by atoms with Gasteiger partial charge in [0.2, 0.25) is 17.6 Å². The number of nitrogens with one attached hydrogen (secondary N) is 3. The number of carbonyl (C=O) groups is 6. The van der Waals surface area contributed by atoms with E-state index in [1.54, 1.807) is 41.5 Å². The summed E-state index contributed by atoms with van der Waals surface area (Å²) in [6.07, 6.45) is 1.92. The summed E-state index contributed by atoms with van der Waals surface area (Å²) in [6, 6.07) is 4.47. The number of ether oxygens (including phenoxy) is 1. The van der Waals surface area contributed by atoms with Crippen LogP contribution in [0.25, 0.3) is 0 Å². The Bertz CT molecular complexity index is 1350. The molecule has 1 saturated carbocycles. The molecule has 1 aromatic rings. The number of nitrogens with zero attached hydrogens (tertiary/aromatic N) is 1. The Hall–Kier alpha value is -3.96. The van der Waals surface area contributed by atoms with Gasteiger partial charge in [-0.3, -0.25) is 19.2 Å². The van der Waals surface area contributed by atoms with E-state index in [0.29, 0.717) is 12.8 Å². The van der Waals surface area contributed by atoms with E-state index in [2.05, 4.69) is 16.0 Å². The van der Waals surface area contributed by atoms with E-state index in [1.807, 2.05) is 51.1 Å². The van der Waals surface area contributed by atoms with Crippen LogP contribution in [0, 0.1) is 28.6 Å². The summed E-state index contributed by atoms with van der Waals surface area (Å²) in [4.78, 5) is 80.7. The van der Waals surface area contributed by atoms with Gasteiger partial charge >= 0.3 is 12.0 Å². The van der Waals surface area contributed by atoms with Gasteiger partial charge in [-0.15, -0.1) is 0 Å². The molecule has 1 aliphatic carbocycles. The monoisotopic (exact) mass is 669 g/mol. The molecule has 1 unspecified atom stereocenters. The van der Waals surface area contributed by atoms with Gasteiger partial charge in [0.25, 0.3) is 5.91 Å². The SMILES string of the molecule is CC(C)[C@H](NC(=O)N[C@H](C(=O)N1C[C@H](C(C)(C)C)C[C@H]1C(=O)NC(CC1CC1)C(=O)C(N)=O)C(C)(C)C)C(=O)O[C@H](C)c1ccccc1. The average Bonchev–Trinajstić information content (AvgIpc) is 3.69. The second-order valence-electron chi connectivity index (χ2n) is 15.9. The number of benzene rings is 1. The van der Waals surface area contributed by atoms with Gasteiger partial charge in [-0.1, -0.05) is 98.6 Å². The van der Waals surface area contributed by atoms with E-state index >= 15 is 0 Å². The zero-order valence-electron chi connectivity index (χ0n) is 29.9. The summed E-state index contributed by atoms with van der Waals surface area (Å²) in [5.74, 6) is -3.74. The quantitative estimate of drug-likeness (QED) is 0.183. The molecule has 2 aliphatic rings. The highest BCUT2D eigenvalue weighted by Crippen LogP contribution is 2.39. The average molecular weight is 670 g/mol. The van der Waals surface area contributed by atoms with Crippen LogP contribution < -0.4 is 21.7 Å². The van der Waals surface area contributed by atoms with Crippen LogP contribution in [-0.4, -0.2) is 71.1 Å². The fourth-order valence-electron chi connectivity index (χ4n) is 5.98. The molecule has 12 nitrogen and oxygen atoms in total. The normalized spacial score (nSPS) is 20.7. The number of amides is 5.